The second-order valence-electron chi connectivity index (χ2n) is 8.24. The molecule has 0 unspecified atom stereocenters. The Morgan fingerprint density at radius 2 is 1.90 bits per heavy atom. The number of likely N-dealkylation sites (tertiary alicyclic amines) is 1. The summed E-state index contributed by atoms with van der Waals surface area (Å²) in [7, 11) is 1.72. The molecule has 1 fully saturated rings. The fraction of sp³-hybridized carbons (Fsp3) is 0.400. The zero-order valence-electron chi connectivity index (χ0n) is 18.1. The number of nitrogens with one attached hydrogen (secondary N) is 1. The zero-order valence-corrected chi connectivity index (χ0v) is 18.1. The predicted molar refractivity (Wildman–Crippen MR) is 119 cm³/mol. The van der Waals surface area contributed by atoms with Crippen molar-refractivity contribution >= 4 is 17.9 Å². The maximum absolute atomic E-state index is 12.8. The number of methoxy groups -OCH3 is 1. The monoisotopic (exact) mass is 419 g/mol. The van der Waals surface area contributed by atoms with E-state index in [1.54, 1.807) is 25.6 Å². The minimum absolute atomic E-state index is 0.0164. The molecular formula is C25H29N3O3. The molecule has 31 heavy (non-hydrogen) atoms. The van der Waals surface area contributed by atoms with E-state index >= 15 is 0 Å². The van der Waals surface area contributed by atoms with E-state index in [2.05, 4.69) is 22.4 Å². The lowest BCUT2D eigenvalue weighted by atomic mass is 9.72. The van der Waals surface area contributed by atoms with Crippen LogP contribution in [0.3, 0.4) is 0 Å². The SMILES string of the molecule is CCC(=O)N[C@@H]1c2ccccc2C2(CCN(C(=O)C=Cc3ccncc3)CC2)[C@H]1OC. The lowest BCUT2D eigenvalue weighted by Gasteiger charge is -2.43. The van der Waals surface area contributed by atoms with Crippen molar-refractivity contribution in [2.75, 3.05) is 20.2 Å². The molecule has 4 rings (SSSR count). The van der Waals surface area contributed by atoms with Gasteiger partial charge in [-0.15, -0.1) is 0 Å². The molecule has 6 heteroatoms. The summed E-state index contributed by atoms with van der Waals surface area (Å²) in [5.41, 5.74) is 3.12. The highest BCUT2D eigenvalue weighted by Crippen LogP contribution is 2.52. The van der Waals surface area contributed by atoms with E-state index in [9.17, 15) is 9.59 Å². The van der Waals surface area contributed by atoms with Crippen LogP contribution in [-0.4, -0.2) is 48.0 Å². The van der Waals surface area contributed by atoms with Gasteiger partial charge in [0.1, 0.15) is 0 Å². The summed E-state index contributed by atoms with van der Waals surface area (Å²) in [4.78, 5) is 30.9. The molecule has 162 valence electrons. The van der Waals surface area contributed by atoms with Gasteiger partial charge in [-0.2, -0.15) is 0 Å². The summed E-state index contributed by atoms with van der Waals surface area (Å²) < 4.78 is 6.01. The van der Waals surface area contributed by atoms with Gasteiger partial charge in [-0.1, -0.05) is 31.2 Å². The maximum Gasteiger partial charge on any atom is 0.246 e. The van der Waals surface area contributed by atoms with Gasteiger partial charge in [0.05, 0.1) is 12.1 Å². The van der Waals surface area contributed by atoms with Crippen LogP contribution in [0.5, 0.6) is 0 Å². The summed E-state index contributed by atoms with van der Waals surface area (Å²) in [5, 5.41) is 3.17. The Labute approximate surface area is 183 Å². The summed E-state index contributed by atoms with van der Waals surface area (Å²) in [6, 6.07) is 11.9. The molecule has 0 bridgehead atoms. The van der Waals surface area contributed by atoms with Crippen LogP contribution in [0.15, 0.2) is 54.9 Å². The highest BCUT2D eigenvalue weighted by Gasteiger charge is 2.54. The molecule has 1 aromatic carbocycles. The Morgan fingerprint density at radius 3 is 2.58 bits per heavy atom. The second kappa shape index (κ2) is 9.02. The van der Waals surface area contributed by atoms with Gasteiger partial charge in [0.25, 0.3) is 0 Å². The normalized spacial score (nSPS) is 21.9. The average molecular weight is 420 g/mol. The fourth-order valence-corrected chi connectivity index (χ4v) is 5.08. The van der Waals surface area contributed by atoms with Crippen molar-refractivity contribution in [2.45, 2.75) is 43.7 Å². The molecule has 1 spiro atoms. The molecule has 0 radical (unpaired) electrons. The lowest BCUT2D eigenvalue weighted by Crippen LogP contribution is -2.51. The Balaban J connectivity index is 1.53. The van der Waals surface area contributed by atoms with Crippen LogP contribution in [0.1, 0.15) is 48.9 Å². The third kappa shape index (κ3) is 4.00. The van der Waals surface area contributed by atoms with Crippen molar-refractivity contribution < 1.29 is 14.3 Å². The van der Waals surface area contributed by atoms with Gasteiger partial charge >= 0.3 is 0 Å². The van der Waals surface area contributed by atoms with Crippen molar-refractivity contribution in [3.05, 3.63) is 71.6 Å². The zero-order chi connectivity index (χ0) is 21.8. The van der Waals surface area contributed by atoms with Gasteiger partial charge < -0.3 is 15.0 Å². The number of carbonyl (C=O) groups excluding carboxylic acids is 2. The highest BCUT2D eigenvalue weighted by molar-refractivity contribution is 5.91. The molecule has 1 N–H and O–H groups in total. The summed E-state index contributed by atoms with van der Waals surface area (Å²) in [6.45, 7) is 3.17. The average Bonchev–Trinajstić information content (AvgIpc) is 3.07. The molecule has 2 heterocycles. The Morgan fingerprint density at radius 1 is 1.19 bits per heavy atom. The van der Waals surface area contributed by atoms with Crippen LogP contribution in [0.25, 0.3) is 6.08 Å². The van der Waals surface area contributed by atoms with Crippen LogP contribution >= 0.6 is 0 Å². The number of pyridine rings is 1. The first-order valence-corrected chi connectivity index (χ1v) is 10.9. The van der Waals surface area contributed by atoms with Gasteiger partial charge in [0, 0.05) is 50.5 Å². The molecule has 0 saturated carbocycles. The second-order valence-corrected chi connectivity index (χ2v) is 8.24. The first kappa shape index (κ1) is 21.2. The number of aromatic nitrogens is 1. The molecular weight excluding hydrogens is 390 g/mol. The van der Waals surface area contributed by atoms with Gasteiger partial charge in [-0.25, -0.2) is 0 Å². The van der Waals surface area contributed by atoms with Crippen molar-refractivity contribution in [3.8, 4) is 0 Å². The minimum atomic E-state index is -0.206. The number of hydrogen-bond donors (Lipinski definition) is 1. The van der Waals surface area contributed by atoms with E-state index in [0.717, 1.165) is 24.0 Å². The molecule has 1 saturated heterocycles. The van der Waals surface area contributed by atoms with Gasteiger partial charge in [0.2, 0.25) is 11.8 Å². The maximum atomic E-state index is 12.8. The first-order valence-electron chi connectivity index (χ1n) is 10.9. The molecule has 6 nitrogen and oxygen atoms in total. The molecule has 2 aliphatic rings. The Hall–Kier alpha value is -2.99. The number of amides is 2. The van der Waals surface area contributed by atoms with E-state index in [1.165, 1.54) is 5.56 Å². The van der Waals surface area contributed by atoms with Crippen molar-refractivity contribution in [1.82, 2.24) is 15.2 Å². The third-order valence-corrected chi connectivity index (χ3v) is 6.66. The fourth-order valence-electron chi connectivity index (χ4n) is 5.08. The first-order chi connectivity index (χ1) is 15.1. The standard InChI is InChI=1S/C25H29N3O3/c1-3-21(29)27-23-19-6-4-5-7-20(19)25(24(23)31-2)12-16-28(17-13-25)22(30)9-8-18-10-14-26-15-11-18/h4-11,14-15,23-24H,3,12-13,16-17H2,1-2H3,(H,27,29)/t23-,24+/m1/s1. The molecule has 2 atom stereocenters. The molecule has 1 aliphatic heterocycles. The smallest absolute Gasteiger partial charge is 0.246 e. The molecule has 2 amide bonds. The van der Waals surface area contributed by atoms with Gasteiger partial charge in [-0.05, 0) is 47.7 Å². The summed E-state index contributed by atoms with van der Waals surface area (Å²) in [6.07, 6.45) is 8.78. The summed E-state index contributed by atoms with van der Waals surface area (Å²) >= 11 is 0. The number of ether oxygens (including phenoxy) is 1. The number of benzene rings is 1. The highest BCUT2D eigenvalue weighted by atomic mass is 16.5. The molecule has 2 aromatic rings. The van der Waals surface area contributed by atoms with E-state index in [4.69, 9.17) is 4.74 Å². The lowest BCUT2D eigenvalue weighted by molar-refractivity contribution is -0.128. The van der Waals surface area contributed by atoms with E-state index in [0.29, 0.717) is 19.5 Å². The number of carbonyl (C=O) groups is 2. The van der Waals surface area contributed by atoms with Crippen molar-refractivity contribution in [3.63, 3.8) is 0 Å². The van der Waals surface area contributed by atoms with Crippen LogP contribution in [-0.2, 0) is 19.7 Å². The quantitative estimate of drug-likeness (QED) is 0.756. The van der Waals surface area contributed by atoms with E-state index < -0.39 is 0 Å². The Bertz CT molecular complexity index is 965. The largest absolute Gasteiger partial charge is 0.378 e. The number of piperidine rings is 1. The van der Waals surface area contributed by atoms with Crippen LogP contribution in [0.2, 0.25) is 0 Å². The van der Waals surface area contributed by atoms with Crippen LogP contribution in [0, 0.1) is 0 Å². The number of rotatable bonds is 5. The number of fused-ring (bicyclic) bond motifs is 2. The predicted octanol–water partition coefficient (Wildman–Crippen LogP) is 3.25. The molecule has 1 aliphatic carbocycles. The Kier molecular flexibility index (Phi) is 6.18. The van der Waals surface area contributed by atoms with Gasteiger partial charge in [-0.3, -0.25) is 14.6 Å². The number of hydrogen-bond acceptors (Lipinski definition) is 4. The van der Waals surface area contributed by atoms with E-state index in [1.807, 2.05) is 42.2 Å². The van der Waals surface area contributed by atoms with Gasteiger partial charge in [0.15, 0.2) is 0 Å². The van der Waals surface area contributed by atoms with Crippen molar-refractivity contribution in [2.24, 2.45) is 0 Å². The van der Waals surface area contributed by atoms with Crippen LogP contribution < -0.4 is 5.32 Å². The molecule has 1 aromatic heterocycles. The van der Waals surface area contributed by atoms with Crippen LogP contribution in [0.4, 0.5) is 0 Å². The third-order valence-electron chi connectivity index (χ3n) is 6.66. The minimum Gasteiger partial charge on any atom is -0.378 e. The van der Waals surface area contributed by atoms with E-state index in [-0.39, 0.29) is 29.4 Å². The number of nitrogens with zero attached hydrogens (tertiary/aromatic N) is 2. The topological polar surface area (TPSA) is 71.5 Å². The van der Waals surface area contributed by atoms with Crippen molar-refractivity contribution in [1.29, 1.82) is 0 Å². The summed E-state index contributed by atoms with van der Waals surface area (Å²) in [5.74, 6) is 0.0375.